The number of carbonyl (C=O) groups is 1. The van der Waals surface area contributed by atoms with E-state index in [1.807, 2.05) is 12.5 Å². The largest absolute Gasteiger partial charge is 0.481 e. The molecule has 0 radical (unpaired) electrons. The molecule has 1 unspecified atom stereocenters. The summed E-state index contributed by atoms with van der Waals surface area (Å²) in [6, 6.07) is -0.0420. The second-order valence-corrected chi connectivity index (χ2v) is 5.58. The zero-order valence-electron chi connectivity index (χ0n) is 12.3. The Kier molecular flexibility index (Phi) is 5.59. The summed E-state index contributed by atoms with van der Waals surface area (Å²) in [7, 11) is 0. The van der Waals surface area contributed by atoms with Crippen LogP contribution in [0.1, 0.15) is 57.2 Å². The SMILES string of the molecule is CCCn1cncc1C(CC(=O)O)N1CCCCCC1. The van der Waals surface area contributed by atoms with E-state index < -0.39 is 5.97 Å². The molecule has 5 heteroatoms. The van der Waals surface area contributed by atoms with Crippen LogP contribution < -0.4 is 0 Å². The average molecular weight is 279 g/mol. The Bertz CT molecular complexity index is 423. The fourth-order valence-corrected chi connectivity index (χ4v) is 3.03. The van der Waals surface area contributed by atoms with E-state index in [0.717, 1.165) is 44.6 Å². The highest BCUT2D eigenvalue weighted by Gasteiger charge is 2.26. The van der Waals surface area contributed by atoms with Crippen molar-refractivity contribution in [1.82, 2.24) is 14.5 Å². The Labute approximate surface area is 120 Å². The van der Waals surface area contributed by atoms with E-state index in [2.05, 4.69) is 21.4 Å². The molecule has 2 heterocycles. The van der Waals surface area contributed by atoms with E-state index in [1.165, 1.54) is 12.8 Å². The molecule has 1 aliphatic heterocycles. The van der Waals surface area contributed by atoms with E-state index in [1.54, 1.807) is 0 Å². The lowest BCUT2D eigenvalue weighted by Gasteiger charge is -2.30. The third-order valence-corrected chi connectivity index (χ3v) is 4.00. The van der Waals surface area contributed by atoms with Gasteiger partial charge in [0.1, 0.15) is 0 Å². The predicted octanol–water partition coefficient (Wildman–Crippen LogP) is 2.68. The molecule has 1 aromatic rings. The normalized spacial score (nSPS) is 18.6. The van der Waals surface area contributed by atoms with E-state index in [4.69, 9.17) is 0 Å². The van der Waals surface area contributed by atoms with Gasteiger partial charge >= 0.3 is 5.97 Å². The van der Waals surface area contributed by atoms with Gasteiger partial charge in [0.15, 0.2) is 0 Å². The third kappa shape index (κ3) is 3.82. The molecule has 1 atom stereocenters. The zero-order chi connectivity index (χ0) is 14.4. The molecule has 1 fully saturated rings. The molecule has 1 aliphatic rings. The van der Waals surface area contributed by atoms with Crippen LogP contribution in [0.5, 0.6) is 0 Å². The summed E-state index contributed by atoms with van der Waals surface area (Å²) in [5.41, 5.74) is 1.05. The Balaban J connectivity index is 2.20. The minimum absolute atomic E-state index is 0.0420. The van der Waals surface area contributed by atoms with E-state index in [0.29, 0.717) is 0 Å². The number of nitrogens with zero attached hydrogens (tertiary/aromatic N) is 3. The first-order valence-corrected chi connectivity index (χ1v) is 7.68. The van der Waals surface area contributed by atoms with Crippen LogP contribution in [0.15, 0.2) is 12.5 Å². The summed E-state index contributed by atoms with van der Waals surface area (Å²) in [6.45, 7) is 5.02. The summed E-state index contributed by atoms with van der Waals surface area (Å²) in [4.78, 5) is 17.8. The molecule has 0 aromatic carbocycles. The number of rotatable bonds is 6. The number of carboxylic acid groups (broad SMARTS) is 1. The second kappa shape index (κ2) is 7.43. The zero-order valence-corrected chi connectivity index (χ0v) is 12.3. The lowest BCUT2D eigenvalue weighted by molar-refractivity contribution is -0.138. The summed E-state index contributed by atoms with van der Waals surface area (Å²) < 4.78 is 2.11. The standard InChI is InChI=1S/C15H25N3O2/c1-2-7-18-12-16-11-14(18)13(10-15(19)20)17-8-5-3-4-6-9-17/h11-13H,2-10H2,1H3,(H,19,20). The van der Waals surface area contributed by atoms with Crippen molar-refractivity contribution in [3.8, 4) is 0 Å². The van der Waals surface area contributed by atoms with Crippen molar-refractivity contribution in [2.24, 2.45) is 0 Å². The number of aryl methyl sites for hydroxylation is 1. The highest BCUT2D eigenvalue weighted by Crippen LogP contribution is 2.27. The number of imidazole rings is 1. The van der Waals surface area contributed by atoms with Crippen LogP contribution in [-0.4, -0.2) is 38.6 Å². The average Bonchev–Trinajstić information content (AvgIpc) is 2.71. The van der Waals surface area contributed by atoms with Gasteiger partial charge in [-0.2, -0.15) is 0 Å². The van der Waals surface area contributed by atoms with Crippen molar-refractivity contribution in [3.05, 3.63) is 18.2 Å². The number of carboxylic acids is 1. The van der Waals surface area contributed by atoms with Crippen LogP contribution in [0.25, 0.3) is 0 Å². The molecule has 0 bridgehead atoms. The number of likely N-dealkylation sites (tertiary alicyclic amines) is 1. The Morgan fingerprint density at radius 2 is 2.05 bits per heavy atom. The van der Waals surface area contributed by atoms with E-state index in [-0.39, 0.29) is 12.5 Å². The van der Waals surface area contributed by atoms with Crippen molar-refractivity contribution in [1.29, 1.82) is 0 Å². The fraction of sp³-hybridized carbons (Fsp3) is 0.733. The topological polar surface area (TPSA) is 58.4 Å². The minimum Gasteiger partial charge on any atom is -0.481 e. The molecule has 0 aliphatic carbocycles. The fourth-order valence-electron chi connectivity index (χ4n) is 3.03. The van der Waals surface area contributed by atoms with Crippen molar-refractivity contribution in [2.75, 3.05) is 13.1 Å². The van der Waals surface area contributed by atoms with Crippen LogP contribution in [-0.2, 0) is 11.3 Å². The minimum atomic E-state index is -0.733. The number of hydrogen-bond acceptors (Lipinski definition) is 3. The van der Waals surface area contributed by atoms with Crippen molar-refractivity contribution < 1.29 is 9.90 Å². The molecule has 1 N–H and O–H groups in total. The first-order chi connectivity index (χ1) is 9.72. The second-order valence-electron chi connectivity index (χ2n) is 5.58. The van der Waals surface area contributed by atoms with Gasteiger partial charge in [-0.25, -0.2) is 4.98 Å². The Morgan fingerprint density at radius 1 is 1.35 bits per heavy atom. The first-order valence-electron chi connectivity index (χ1n) is 7.68. The molecular weight excluding hydrogens is 254 g/mol. The molecule has 112 valence electrons. The van der Waals surface area contributed by atoms with Crippen molar-refractivity contribution >= 4 is 5.97 Å². The maximum atomic E-state index is 11.2. The maximum Gasteiger partial charge on any atom is 0.305 e. The highest BCUT2D eigenvalue weighted by atomic mass is 16.4. The molecule has 1 saturated heterocycles. The number of aliphatic carboxylic acids is 1. The highest BCUT2D eigenvalue weighted by molar-refractivity contribution is 5.67. The lowest BCUT2D eigenvalue weighted by Crippen LogP contribution is -2.32. The van der Waals surface area contributed by atoms with Gasteiger partial charge in [-0.3, -0.25) is 9.69 Å². The monoisotopic (exact) mass is 279 g/mol. The molecule has 20 heavy (non-hydrogen) atoms. The van der Waals surface area contributed by atoms with Crippen LogP contribution in [0, 0.1) is 0 Å². The summed E-state index contributed by atoms with van der Waals surface area (Å²) >= 11 is 0. The van der Waals surface area contributed by atoms with Gasteiger partial charge < -0.3 is 9.67 Å². The summed E-state index contributed by atoms with van der Waals surface area (Å²) in [5, 5.41) is 9.25. The molecule has 1 aromatic heterocycles. The van der Waals surface area contributed by atoms with Crippen LogP contribution in [0.2, 0.25) is 0 Å². The molecule has 0 saturated carbocycles. The Hall–Kier alpha value is -1.36. The van der Waals surface area contributed by atoms with Gasteiger partial charge in [-0.1, -0.05) is 19.8 Å². The van der Waals surface area contributed by atoms with Gasteiger partial charge in [0.25, 0.3) is 0 Å². The van der Waals surface area contributed by atoms with Crippen molar-refractivity contribution in [2.45, 2.75) is 58.0 Å². The van der Waals surface area contributed by atoms with Crippen LogP contribution >= 0.6 is 0 Å². The van der Waals surface area contributed by atoms with Gasteiger partial charge in [-0.05, 0) is 32.4 Å². The first kappa shape index (κ1) is 15.0. The quantitative estimate of drug-likeness (QED) is 0.869. The Morgan fingerprint density at radius 3 is 2.65 bits per heavy atom. The molecule has 5 nitrogen and oxygen atoms in total. The third-order valence-electron chi connectivity index (χ3n) is 4.00. The molecule has 0 spiro atoms. The van der Waals surface area contributed by atoms with Gasteiger partial charge in [0.2, 0.25) is 0 Å². The molecular formula is C15H25N3O2. The number of hydrogen-bond donors (Lipinski definition) is 1. The van der Waals surface area contributed by atoms with E-state index >= 15 is 0 Å². The lowest BCUT2D eigenvalue weighted by atomic mass is 10.1. The molecule has 0 amide bonds. The van der Waals surface area contributed by atoms with Gasteiger partial charge in [0, 0.05) is 12.7 Å². The smallest absolute Gasteiger partial charge is 0.305 e. The molecule has 2 rings (SSSR count). The summed E-state index contributed by atoms with van der Waals surface area (Å²) in [5.74, 6) is -0.733. The van der Waals surface area contributed by atoms with Crippen LogP contribution in [0.4, 0.5) is 0 Å². The maximum absolute atomic E-state index is 11.2. The van der Waals surface area contributed by atoms with Crippen molar-refractivity contribution in [3.63, 3.8) is 0 Å². The summed E-state index contributed by atoms with van der Waals surface area (Å²) in [6.07, 6.45) is 9.70. The van der Waals surface area contributed by atoms with Gasteiger partial charge in [0.05, 0.1) is 24.5 Å². The van der Waals surface area contributed by atoms with Gasteiger partial charge in [-0.15, -0.1) is 0 Å². The number of aromatic nitrogens is 2. The van der Waals surface area contributed by atoms with E-state index in [9.17, 15) is 9.90 Å². The van der Waals surface area contributed by atoms with Crippen LogP contribution in [0.3, 0.4) is 0 Å². The predicted molar refractivity (Wildman–Crippen MR) is 77.6 cm³/mol.